The van der Waals surface area contributed by atoms with Gasteiger partial charge in [0, 0.05) is 105 Å². The Balaban J connectivity index is 0.621. The Morgan fingerprint density at radius 1 is 0.861 bits per heavy atom. The first-order chi connectivity index (χ1) is 35.0. The number of hydrogen-bond acceptors (Lipinski definition) is 13. The molecular formula is C56H64FN9O6. The van der Waals surface area contributed by atoms with Crippen molar-refractivity contribution in [3.05, 3.63) is 77.2 Å². The highest BCUT2D eigenvalue weighted by Crippen LogP contribution is 2.49. The molecule has 72 heavy (non-hydrogen) atoms. The molecule has 2 bridgehead atoms. The fraction of sp³-hybridized carbons (Fsp3) is 0.536. The molecule has 6 aliphatic heterocycles. The van der Waals surface area contributed by atoms with Crippen LogP contribution in [0.25, 0.3) is 32.9 Å². The number of carbonyl (C=O) groups excluding carboxylic acids is 3. The first-order valence-electron chi connectivity index (χ1n) is 26.6. The van der Waals surface area contributed by atoms with Crippen LogP contribution in [-0.4, -0.2) is 130 Å². The van der Waals surface area contributed by atoms with Gasteiger partial charge in [-0.25, -0.2) is 4.39 Å². The lowest BCUT2D eigenvalue weighted by molar-refractivity contribution is -0.136. The molecule has 3 unspecified atom stereocenters. The van der Waals surface area contributed by atoms with E-state index in [4.69, 9.17) is 24.4 Å². The van der Waals surface area contributed by atoms with Gasteiger partial charge in [-0.15, -0.1) is 0 Å². The number of pyridine rings is 1. The second-order valence-electron chi connectivity index (χ2n) is 22.6. The molecule has 7 fully saturated rings. The number of nitrogens with zero attached hydrogens (tertiary/aromatic N) is 7. The predicted octanol–water partition coefficient (Wildman–Crippen LogP) is 7.04. The summed E-state index contributed by atoms with van der Waals surface area (Å²) in [6, 6.07) is 15.6. The van der Waals surface area contributed by atoms with Crippen LogP contribution in [0, 0.1) is 16.6 Å². The summed E-state index contributed by atoms with van der Waals surface area (Å²) in [5.74, 6) is -0.613. The molecule has 15 nitrogen and oxygen atoms in total. The lowest BCUT2D eigenvalue weighted by Crippen LogP contribution is -2.58. The van der Waals surface area contributed by atoms with E-state index in [2.05, 4.69) is 38.3 Å². The number of nitrogens with one attached hydrogen (secondary N) is 2. The number of carbonyl (C=O) groups is 3. The quantitative estimate of drug-likeness (QED) is 0.109. The monoisotopic (exact) mass is 977 g/mol. The first kappa shape index (κ1) is 45.9. The number of aromatic nitrogens is 3. The topological polar surface area (TPSA) is 166 Å². The fourth-order valence-electron chi connectivity index (χ4n) is 13.5. The van der Waals surface area contributed by atoms with Crippen LogP contribution in [0.3, 0.4) is 0 Å². The number of fused-ring (bicyclic) bond motifs is 5. The van der Waals surface area contributed by atoms with Gasteiger partial charge < -0.3 is 39.5 Å². The molecule has 16 heteroatoms. The van der Waals surface area contributed by atoms with Gasteiger partial charge in [-0.1, -0.05) is 25.1 Å². The molecule has 376 valence electrons. The molecule has 8 aliphatic rings. The number of rotatable bonds is 12. The summed E-state index contributed by atoms with van der Waals surface area (Å²) in [6.45, 7) is 9.41. The number of phenolic OH excluding ortho intramolecular Hbond substituents is 1. The summed E-state index contributed by atoms with van der Waals surface area (Å²) in [5, 5.41) is 19.2. The Bertz CT molecular complexity index is 2980. The normalized spacial score (nSPS) is 25.1. The third-order valence-electron chi connectivity index (χ3n) is 17.7. The molecule has 2 aliphatic carbocycles. The van der Waals surface area contributed by atoms with Crippen LogP contribution in [0.1, 0.15) is 105 Å². The number of ether oxygens (including phenoxy) is 2. The minimum absolute atomic E-state index is 0.00101. The lowest BCUT2D eigenvalue weighted by Gasteiger charge is -2.54. The molecule has 1 spiro atoms. The van der Waals surface area contributed by atoms with Gasteiger partial charge >= 0.3 is 6.01 Å². The fourth-order valence-corrected chi connectivity index (χ4v) is 13.5. The molecule has 3 amide bonds. The van der Waals surface area contributed by atoms with Gasteiger partial charge in [0.25, 0.3) is 5.91 Å². The zero-order valence-corrected chi connectivity index (χ0v) is 41.1. The van der Waals surface area contributed by atoms with Gasteiger partial charge in [-0.05, 0) is 129 Å². The van der Waals surface area contributed by atoms with Gasteiger partial charge in [0.05, 0.1) is 24.2 Å². The number of hydrogen-bond donors (Lipinski definition) is 3. The van der Waals surface area contributed by atoms with E-state index in [1.54, 1.807) is 23.2 Å². The van der Waals surface area contributed by atoms with Gasteiger partial charge in [-0.2, -0.15) is 9.97 Å². The van der Waals surface area contributed by atoms with E-state index in [-0.39, 0.29) is 58.6 Å². The number of piperazine rings is 1. The van der Waals surface area contributed by atoms with Crippen LogP contribution >= 0.6 is 0 Å². The van der Waals surface area contributed by atoms with Crippen molar-refractivity contribution >= 4 is 50.9 Å². The maximum atomic E-state index is 17.2. The zero-order chi connectivity index (χ0) is 48.9. The number of halogens is 1. The third kappa shape index (κ3) is 8.40. The molecule has 2 saturated carbocycles. The first-order valence-corrected chi connectivity index (χ1v) is 26.6. The Morgan fingerprint density at radius 2 is 1.64 bits per heavy atom. The maximum absolute atomic E-state index is 17.2. The summed E-state index contributed by atoms with van der Waals surface area (Å²) in [6.07, 6.45) is 14.5. The van der Waals surface area contributed by atoms with Crippen LogP contribution < -0.4 is 25.2 Å². The van der Waals surface area contributed by atoms with E-state index < -0.39 is 11.9 Å². The molecule has 3 atom stereocenters. The number of phenols is 1. The highest BCUT2D eigenvalue weighted by Gasteiger charge is 2.48. The number of aromatic hydroxyl groups is 1. The molecule has 5 aromatic rings. The van der Waals surface area contributed by atoms with E-state index in [1.165, 1.54) is 0 Å². The van der Waals surface area contributed by atoms with E-state index >= 15 is 4.39 Å². The number of likely N-dealkylation sites (tertiary alicyclic amines) is 1. The highest BCUT2D eigenvalue weighted by molar-refractivity contribution is 6.06. The van der Waals surface area contributed by atoms with E-state index in [0.717, 1.165) is 144 Å². The Morgan fingerprint density at radius 3 is 2.39 bits per heavy atom. The van der Waals surface area contributed by atoms with E-state index in [1.807, 2.05) is 30.3 Å². The third-order valence-corrected chi connectivity index (χ3v) is 17.7. The number of imide groups is 1. The van der Waals surface area contributed by atoms with Crippen molar-refractivity contribution in [2.45, 2.75) is 127 Å². The number of anilines is 2. The number of benzene rings is 3. The van der Waals surface area contributed by atoms with Gasteiger partial charge in [0.2, 0.25) is 11.8 Å². The smallest absolute Gasteiger partial charge is 0.319 e. The van der Waals surface area contributed by atoms with Crippen molar-refractivity contribution < 1.29 is 33.4 Å². The van der Waals surface area contributed by atoms with Crippen LogP contribution in [0.2, 0.25) is 0 Å². The van der Waals surface area contributed by atoms with Crippen molar-refractivity contribution in [2.24, 2.45) is 10.8 Å². The molecule has 13 rings (SSSR count). The molecule has 8 heterocycles. The average molecular weight is 978 g/mol. The van der Waals surface area contributed by atoms with Crippen LogP contribution in [0.5, 0.6) is 11.8 Å². The van der Waals surface area contributed by atoms with Crippen LogP contribution in [0.4, 0.5) is 15.9 Å². The van der Waals surface area contributed by atoms with Crippen LogP contribution in [0.15, 0.2) is 54.7 Å². The van der Waals surface area contributed by atoms with Gasteiger partial charge in [0.15, 0.2) is 5.82 Å². The van der Waals surface area contributed by atoms with Crippen molar-refractivity contribution in [3.8, 4) is 23.0 Å². The summed E-state index contributed by atoms with van der Waals surface area (Å²) < 4.78 is 30.6. The second-order valence-corrected chi connectivity index (χ2v) is 22.6. The number of aryl methyl sites for hydroxylation is 1. The largest absolute Gasteiger partial charge is 0.508 e. The zero-order valence-electron chi connectivity index (χ0n) is 41.1. The van der Waals surface area contributed by atoms with Crippen molar-refractivity contribution in [1.82, 2.24) is 35.4 Å². The highest BCUT2D eigenvalue weighted by atomic mass is 19.1. The van der Waals surface area contributed by atoms with Crippen LogP contribution in [-0.2, 0) is 27.3 Å². The Labute approximate surface area is 418 Å². The number of amides is 3. The van der Waals surface area contributed by atoms with Gasteiger partial charge in [0.1, 0.15) is 28.8 Å². The molecule has 3 aromatic carbocycles. The van der Waals surface area contributed by atoms with Crippen molar-refractivity contribution in [3.63, 3.8) is 0 Å². The molecule has 5 saturated heterocycles. The Hall–Kier alpha value is -5.97. The van der Waals surface area contributed by atoms with E-state index in [9.17, 15) is 19.5 Å². The predicted molar refractivity (Wildman–Crippen MR) is 271 cm³/mol. The minimum Gasteiger partial charge on any atom is -0.508 e. The minimum atomic E-state index is -0.603. The maximum Gasteiger partial charge on any atom is 0.319 e. The Kier molecular flexibility index (Phi) is 11.4. The molecule has 3 N–H and O–H groups in total. The average Bonchev–Trinajstić information content (AvgIpc) is 3.95. The molecule has 2 aromatic heterocycles. The van der Waals surface area contributed by atoms with Crippen molar-refractivity contribution in [2.75, 3.05) is 62.2 Å². The SMILES string of the molecule is CCc1cccc2cc(O)cc(-c3ncc4c(N5CC6CCC(C5)N6)nc(OCC5(CN6CCC(OC7CCC8(CC7)CN(c7ccc9c(c7)CN(C7CCC(=O)NC7=O)C9=O)C8)CC6)CC5)nc4c3F)c12. The summed E-state index contributed by atoms with van der Waals surface area (Å²) in [5.41, 5.74) is 4.97. The van der Waals surface area contributed by atoms with Crippen molar-refractivity contribution in [1.29, 1.82) is 0 Å². The lowest BCUT2D eigenvalue weighted by atomic mass is 9.67. The standard InChI is InChI=1S/C56H64FN9O6/c1-2-33-4-3-5-34-23-39(67)24-43(47(33)34)49-48(57)50-44(25-58-49)51(64-27-36-6-7-37(28-64)59-36)62-54(61-50)71-32-56(18-19-56)29-63-20-14-41(15-21-63)72-40-12-16-55(17-13-40)30-65(31-55)38-8-9-42-35(22-38)26-66(53(42)70)45-10-11-46(68)60-52(45)69/h3-5,8-9,22-25,36-37,40-41,45,59,67H,2,6-7,10-21,26-32H2,1H3,(H,60,68,69). The molecule has 0 radical (unpaired) electrons. The number of piperidine rings is 2. The summed E-state index contributed by atoms with van der Waals surface area (Å²) in [4.78, 5) is 60.9. The summed E-state index contributed by atoms with van der Waals surface area (Å²) in [7, 11) is 0. The summed E-state index contributed by atoms with van der Waals surface area (Å²) >= 11 is 0. The second kappa shape index (κ2) is 17.9. The van der Waals surface area contributed by atoms with E-state index in [0.29, 0.717) is 65.5 Å². The molecular weight excluding hydrogens is 914 g/mol. The van der Waals surface area contributed by atoms with Gasteiger partial charge in [-0.3, -0.25) is 24.7 Å².